The molecule has 0 aliphatic heterocycles. The number of aromatic nitrogens is 3. The van der Waals surface area contributed by atoms with Crippen LogP contribution in [0.4, 0.5) is 5.69 Å². The molecular formula is C17H18N4O2S. The molecule has 1 atom stereocenters. The predicted octanol–water partition coefficient (Wildman–Crippen LogP) is 3.50. The summed E-state index contributed by atoms with van der Waals surface area (Å²) in [5.41, 5.74) is 1.89. The summed E-state index contributed by atoms with van der Waals surface area (Å²) in [6.07, 6.45) is 1.59. The van der Waals surface area contributed by atoms with Gasteiger partial charge in [0.15, 0.2) is 16.7 Å². The molecule has 1 N–H and O–H groups in total. The zero-order chi connectivity index (χ0) is 17.1. The van der Waals surface area contributed by atoms with E-state index in [0.29, 0.717) is 16.7 Å². The molecule has 0 radical (unpaired) electrons. The van der Waals surface area contributed by atoms with Gasteiger partial charge < -0.3 is 14.3 Å². The highest BCUT2D eigenvalue weighted by atomic mass is 32.2. The fourth-order valence-corrected chi connectivity index (χ4v) is 3.03. The van der Waals surface area contributed by atoms with Crippen molar-refractivity contribution in [3.63, 3.8) is 0 Å². The van der Waals surface area contributed by atoms with Crippen LogP contribution in [0.15, 0.2) is 52.2 Å². The molecule has 1 amide bonds. The Kier molecular flexibility index (Phi) is 4.71. The summed E-state index contributed by atoms with van der Waals surface area (Å²) in [6.45, 7) is 3.83. The molecule has 1 aromatic carbocycles. The SMILES string of the molecule is Cc1cccc(NC(=O)[C@@H](C)Sc2nnc(-c3ccco3)n2C)c1. The second kappa shape index (κ2) is 6.92. The van der Waals surface area contributed by atoms with Crippen LogP contribution in [0.3, 0.4) is 0 Å². The Labute approximate surface area is 144 Å². The minimum atomic E-state index is -0.308. The lowest BCUT2D eigenvalue weighted by Gasteiger charge is -2.12. The lowest BCUT2D eigenvalue weighted by atomic mass is 10.2. The van der Waals surface area contributed by atoms with Gasteiger partial charge in [0, 0.05) is 12.7 Å². The van der Waals surface area contributed by atoms with Crippen molar-refractivity contribution in [1.29, 1.82) is 0 Å². The van der Waals surface area contributed by atoms with Crippen LogP contribution in [0.1, 0.15) is 12.5 Å². The van der Waals surface area contributed by atoms with E-state index >= 15 is 0 Å². The fraction of sp³-hybridized carbons (Fsp3) is 0.235. The smallest absolute Gasteiger partial charge is 0.237 e. The van der Waals surface area contributed by atoms with Gasteiger partial charge in [0.2, 0.25) is 5.91 Å². The van der Waals surface area contributed by atoms with E-state index in [-0.39, 0.29) is 11.2 Å². The van der Waals surface area contributed by atoms with Crippen LogP contribution in [0.2, 0.25) is 0 Å². The summed E-state index contributed by atoms with van der Waals surface area (Å²) in [7, 11) is 1.85. The van der Waals surface area contributed by atoms with E-state index in [1.807, 2.05) is 55.8 Å². The van der Waals surface area contributed by atoms with Crippen LogP contribution in [0.25, 0.3) is 11.6 Å². The summed E-state index contributed by atoms with van der Waals surface area (Å²) >= 11 is 1.36. The molecule has 0 spiro atoms. The van der Waals surface area contributed by atoms with Crippen molar-refractivity contribution in [3.05, 3.63) is 48.2 Å². The highest BCUT2D eigenvalue weighted by Gasteiger charge is 2.20. The average molecular weight is 342 g/mol. The van der Waals surface area contributed by atoms with Gasteiger partial charge in [-0.1, -0.05) is 23.9 Å². The topological polar surface area (TPSA) is 73.0 Å². The lowest BCUT2D eigenvalue weighted by Crippen LogP contribution is -2.22. The number of hydrogen-bond donors (Lipinski definition) is 1. The molecule has 0 saturated carbocycles. The van der Waals surface area contributed by atoms with Crippen molar-refractivity contribution in [3.8, 4) is 11.6 Å². The fourth-order valence-electron chi connectivity index (χ4n) is 2.22. The molecule has 24 heavy (non-hydrogen) atoms. The van der Waals surface area contributed by atoms with E-state index in [0.717, 1.165) is 11.3 Å². The molecule has 2 aromatic heterocycles. The van der Waals surface area contributed by atoms with Crippen molar-refractivity contribution in [2.75, 3.05) is 5.32 Å². The first-order valence-corrected chi connectivity index (χ1v) is 8.40. The minimum Gasteiger partial charge on any atom is -0.461 e. The molecule has 0 saturated heterocycles. The maximum Gasteiger partial charge on any atom is 0.237 e. The molecule has 3 aromatic rings. The van der Waals surface area contributed by atoms with Crippen LogP contribution in [-0.4, -0.2) is 25.9 Å². The lowest BCUT2D eigenvalue weighted by molar-refractivity contribution is -0.115. The highest BCUT2D eigenvalue weighted by molar-refractivity contribution is 8.00. The molecule has 6 nitrogen and oxygen atoms in total. The summed E-state index contributed by atoms with van der Waals surface area (Å²) < 4.78 is 7.16. The van der Waals surface area contributed by atoms with Gasteiger partial charge in [-0.25, -0.2) is 0 Å². The quantitative estimate of drug-likeness (QED) is 0.718. The van der Waals surface area contributed by atoms with Crippen LogP contribution >= 0.6 is 11.8 Å². The third kappa shape index (κ3) is 3.51. The largest absolute Gasteiger partial charge is 0.461 e. The molecular weight excluding hydrogens is 324 g/mol. The zero-order valence-corrected chi connectivity index (χ0v) is 14.5. The van der Waals surface area contributed by atoms with E-state index in [1.54, 1.807) is 12.3 Å². The third-order valence-corrected chi connectivity index (χ3v) is 4.65. The average Bonchev–Trinajstić information content (AvgIpc) is 3.18. The van der Waals surface area contributed by atoms with Crippen molar-refractivity contribution in [1.82, 2.24) is 14.8 Å². The highest BCUT2D eigenvalue weighted by Crippen LogP contribution is 2.26. The van der Waals surface area contributed by atoms with Gasteiger partial charge in [0.05, 0.1) is 11.5 Å². The molecule has 2 heterocycles. The number of nitrogens with one attached hydrogen (secondary N) is 1. The van der Waals surface area contributed by atoms with Gasteiger partial charge in [-0.2, -0.15) is 0 Å². The maximum absolute atomic E-state index is 12.4. The number of hydrogen-bond acceptors (Lipinski definition) is 5. The first-order valence-electron chi connectivity index (χ1n) is 7.52. The first kappa shape index (κ1) is 16.3. The number of rotatable bonds is 5. The molecule has 0 bridgehead atoms. The van der Waals surface area contributed by atoms with Gasteiger partial charge in [0.1, 0.15) is 0 Å². The number of amides is 1. The third-order valence-electron chi connectivity index (χ3n) is 3.51. The van der Waals surface area contributed by atoms with Gasteiger partial charge >= 0.3 is 0 Å². The Bertz CT molecular complexity index is 842. The van der Waals surface area contributed by atoms with Gasteiger partial charge in [0.25, 0.3) is 0 Å². The molecule has 0 aliphatic rings. The number of nitrogens with zero attached hydrogens (tertiary/aromatic N) is 3. The normalized spacial score (nSPS) is 12.1. The number of thioether (sulfide) groups is 1. The van der Waals surface area contributed by atoms with Crippen LogP contribution in [0, 0.1) is 6.92 Å². The monoisotopic (exact) mass is 342 g/mol. The molecule has 0 aliphatic carbocycles. The number of furan rings is 1. The molecule has 3 rings (SSSR count). The summed E-state index contributed by atoms with van der Waals surface area (Å²) in [5.74, 6) is 1.20. The number of carbonyl (C=O) groups is 1. The Morgan fingerprint density at radius 1 is 1.29 bits per heavy atom. The van der Waals surface area contributed by atoms with Crippen molar-refractivity contribution in [2.45, 2.75) is 24.3 Å². The van der Waals surface area contributed by atoms with Gasteiger partial charge in [-0.05, 0) is 43.7 Å². The zero-order valence-electron chi connectivity index (χ0n) is 13.7. The predicted molar refractivity (Wildman–Crippen MR) is 93.8 cm³/mol. The second-order valence-corrected chi connectivity index (χ2v) is 6.77. The minimum absolute atomic E-state index is 0.0758. The van der Waals surface area contributed by atoms with Crippen molar-refractivity contribution in [2.24, 2.45) is 7.05 Å². The maximum atomic E-state index is 12.4. The van der Waals surface area contributed by atoms with E-state index < -0.39 is 0 Å². The molecule has 7 heteroatoms. The van der Waals surface area contributed by atoms with Gasteiger partial charge in [-0.15, -0.1) is 10.2 Å². The van der Waals surface area contributed by atoms with E-state index in [2.05, 4.69) is 15.5 Å². The Morgan fingerprint density at radius 3 is 2.83 bits per heavy atom. The molecule has 124 valence electrons. The molecule has 0 unspecified atom stereocenters. The first-order chi connectivity index (χ1) is 11.5. The van der Waals surface area contributed by atoms with Gasteiger partial charge in [-0.3, -0.25) is 4.79 Å². The summed E-state index contributed by atoms with van der Waals surface area (Å²) in [5, 5.41) is 11.6. The Balaban J connectivity index is 1.68. The summed E-state index contributed by atoms with van der Waals surface area (Å²) in [6, 6.07) is 11.3. The van der Waals surface area contributed by atoms with E-state index in [9.17, 15) is 4.79 Å². The number of aryl methyl sites for hydroxylation is 1. The van der Waals surface area contributed by atoms with E-state index in [4.69, 9.17) is 4.42 Å². The number of anilines is 1. The Hall–Kier alpha value is -2.54. The Morgan fingerprint density at radius 2 is 2.12 bits per heavy atom. The number of benzene rings is 1. The number of carbonyl (C=O) groups excluding carboxylic acids is 1. The standard InChI is InChI=1S/C17H18N4O2S/c1-11-6-4-7-13(10-11)18-16(22)12(2)24-17-20-19-15(21(17)3)14-8-5-9-23-14/h4-10,12H,1-3H3,(H,18,22)/t12-/m1/s1. The van der Waals surface area contributed by atoms with Crippen LogP contribution < -0.4 is 5.32 Å². The molecule has 0 fully saturated rings. The van der Waals surface area contributed by atoms with E-state index in [1.165, 1.54) is 11.8 Å². The van der Waals surface area contributed by atoms with Crippen LogP contribution in [0.5, 0.6) is 0 Å². The second-order valence-electron chi connectivity index (χ2n) is 5.46. The summed E-state index contributed by atoms with van der Waals surface area (Å²) in [4.78, 5) is 12.4. The van der Waals surface area contributed by atoms with Crippen molar-refractivity contribution < 1.29 is 9.21 Å². The van der Waals surface area contributed by atoms with Crippen LogP contribution in [-0.2, 0) is 11.8 Å². The van der Waals surface area contributed by atoms with Crippen molar-refractivity contribution >= 4 is 23.4 Å².